The molecule has 0 spiro atoms. The molecule has 1 aliphatic heterocycles. The van der Waals surface area contributed by atoms with Crippen LogP contribution in [-0.4, -0.2) is 11.5 Å². The lowest BCUT2D eigenvalue weighted by Gasteiger charge is -2.16. The monoisotopic (exact) mass is 216 g/mol. The molecule has 0 saturated carbocycles. The lowest BCUT2D eigenvalue weighted by molar-refractivity contribution is -0.138. The van der Waals surface area contributed by atoms with Gasteiger partial charge in [-0.25, -0.2) is 0 Å². The predicted octanol–water partition coefficient (Wildman–Crippen LogP) is 2.52. The molecular weight excluding hydrogens is 205 g/mol. The maximum absolute atomic E-state index is 12.6. The van der Waals surface area contributed by atoms with E-state index >= 15 is 0 Å². The van der Waals surface area contributed by atoms with E-state index < -0.39 is 11.7 Å². The van der Waals surface area contributed by atoms with E-state index in [0.29, 0.717) is 5.56 Å². The second-order valence-corrected chi connectivity index (χ2v) is 3.61. The van der Waals surface area contributed by atoms with Crippen LogP contribution in [0.15, 0.2) is 18.5 Å². The van der Waals surface area contributed by atoms with Crippen molar-refractivity contribution in [3.8, 4) is 0 Å². The van der Waals surface area contributed by atoms with Gasteiger partial charge in [-0.1, -0.05) is 0 Å². The van der Waals surface area contributed by atoms with Crippen LogP contribution in [0.25, 0.3) is 0 Å². The zero-order chi connectivity index (χ0) is 10.9. The Morgan fingerprint density at radius 2 is 2.20 bits per heavy atom. The molecule has 0 radical (unpaired) electrons. The third-order valence-electron chi connectivity index (χ3n) is 2.60. The quantitative estimate of drug-likeness (QED) is 0.780. The largest absolute Gasteiger partial charge is 0.418 e. The fourth-order valence-corrected chi connectivity index (χ4v) is 1.90. The molecule has 82 valence electrons. The first-order valence-corrected chi connectivity index (χ1v) is 4.83. The lowest BCUT2D eigenvalue weighted by atomic mass is 10.0. The standard InChI is InChI=1S/C10H11F3N2/c11-10(12,13)8-6-14-5-3-7(8)9-2-1-4-15-9/h3,5-6,9,15H,1-2,4H2/t9-/m1/s1. The van der Waals surface area contributed by atoms with Gasteiger partial charge in [0.25, 0.3) is 0 Å². The van der Waals surface area contributed by atoms with Crippen molar-refractivity contribution < 1.29 is 13.2 Å². The van der Waals surface area contributed by atoms with Gasteiger partial charge in [-0.15, -0.1) is 0 Å². The number of rotatable bonds is 1. The van der Waals surface area contributed by atoms with Crippen molar-refractivity contribution in [2.24, 2.45) is 0 Å². The number of hydrogen-bond acceptors (Lipinski definition) is 2. The van der Waals surface area contributed by atoms with Crippen LogP contribution in [0.5, 0.6) is 0 Å². The van der Waals surface area contributed by atoms with Crippen LogP contribution in [0.3, 0.4) is 0 Å². The van der Waals surface area contributed by atoms with E-state index in [2.05, 4.69) is 10.3 Å². The number of halogens is 3. The molecule has 1 aliphatic rings. The molecule has 0 aliphatic carbocycles. The molecule has 0 unspecified atom stereocenters. The summed E-state index contributed by atoms with van der Waals surface area (Å²) in [6.45, 7) is 0.782. The predicted molar refractivity (Wildman–Crippen MR) is 49.2 cm³/mol. The van der Waals surface area contributed by atoms with Gasteiger partial charge < -0.3 is 5.32 Å². The summed E-state index contributed by atoms with van der Waals surface area (Å²) in [5.41, 5.74) is -0.306. The molecule has 1 aromatic rings. The zero-order valence-corrected chi connectivity index (χ0v) is 8.01. The highest BCUT2D eigenvalue weighted by atomic mass is 19.4. The average Bonchev–Trinajstić information content (AvgIpc) is 2.69. The van der Waals surface area contributed by atoms with Gasteiger partial charge in [0.15, 0.2) is 0 Å². The van der Waals surface area contributed by atoms with Gasteiger partial charge in [0.05, 0.1) is 5.56 Å². The van der Waals surface area contributed by atoms with Crippen LogP contribution >= 0.6 is 0 Å². The number of aromatic nitrogens is 1. The van der Waals surface area contributed by atoms with Crippen molar-refractivity contribution in [3.05, 3.63) is 29.6 Å². The first-order valence-electron chi connectivity index (χ1n) is 4.83. The molecule has 5 heteroatoms. The summed E-state index contributed by atoms with van der Waals surface area (Å²) in [5, 5.41) is 3.06. The topological polar surface area (TPSA) is 24.9 Å². The van der Waals surface area contributed by atoms with E-state index in [9.17, 15) is 13.2 Å². The van der Waals surface area contributed by atoms with Crippen LogP contribution in [0.1, 0.15) is 30.0 Å². The third kappa shape index (κ3) is 2.12. The van der Waals surface area contributed by atoms with Gasteiger partial charge in [-0.2, -0.15) is 13.2 Å². The summed E-state index contributed by atoms with van der Waals surface area (Å²) in [6, 6.07) is 1.27. The fraction of sp³-hybridized carbons (Fsp3) is 0.500. The summed E-state index contributed by atoms with van der Waals surface area (Å²) in [4.78, 5) is 3.54. The molecule has 2 heterocycles. The van der Waals surface area contributed by atoms with Crippen LogP contribution in [-0.2, 0) is 6.18 Å². The molecule has 1 aromatic heterocycles. The molecule has 2 rings (SSSR count). The van der Waals surface area contributed by atoms with E-state index in [1.54, 1.807) is 0 Å². The summed E-state index contributed by atoms with van der Waals surface area (Å²) >= 11 is 0. The molecule has 0 bridgehead atoms. The Morgan fingerprint density at radius 1 is 1.40 bits per heavy atom. The molecule has 1 N–H and O–H groups in total. The van der Waals surface area contributed by atoms with Gasteiger partial charge >= 0.3 is 6.18 Å². The first-order chi connectivity index (χ1) is 7.09. The number of hydrogen-bond donors (Lipinski definition) is 1. The molecule has 1 atom stereocenters. The maximum atomic E-state index is 12.6. The van der Waals surface area contributed by atoms with Crippen molar-refractivity contribution in [1.29, 1.82) is 0 Å². The Bertz CT molecular complexity index is 343. The minimum absolute atomic E-state index is 0.176. The van der Waals surface area contributed by atoms with Crippen molar-refractivity contribution >= 4 is 0 Å². The normalized spacial score (nSPS) is 21.9. The molecular formula is C10H11F3N2. The summed E-state index contributed by atoms with van der Waals surface area (Å²) in [5.74, 6) is 0. The number of nitrogens with one attached hydrogen (secondary N) is 1. The van der Waals surface area contributed by atoms with Gasteiger partial charge in [0.2, 0.25) is 0 Å². The van der Waals surface area contributed by atoms with Gasteiger partial charge in [0.1, 0.15) is 0 Å². The Balaban J connectivity index is 2.37. The van der Waals surface area contributed by atoms with Crippen LogP contribution in [0, 0.1) is 0 Å². The average molecular weight is 216 g/mol. The minimum Gasteiger partial charge on any atom is -0.310 e. The van der Waals surface area contributed by atoms with E-state index in [-0.39, 0.29) is 6.04 Å². The van der Waals surface area contributed by atoms with Crippen LogP contribution < -0.4 is 5.32 Å². The molecule has 0 amide bonds. The van der Waals surface area contributed by atoms with Gasteiger partial charge in [0, 0.05) is 18.4 Å². The van der Waals surface area contributed by atoms with E-state index in [4.69, 9.17) is 0 Å². The van der Waals surface area contributed by atoms with Gasteiger partial charge in [-0.05, 0) is 31.0 Å². The maximum Gasteiger partial charge on any atom is 0.418 e. The van der Waals surface area contributed by atoms with Crippen molar-refractivity contribution in [2.45, 2.75) is 25.1 Å². The highest BCUT2D eigenvalue weighted by Gasteiger charge is 2.35. The highest BCUT2D eigenvalue weighted by molar-refractivity contribution is 5.29. The van der Waals surface area contributed by atoms with Crippen molar-refractivity contribution in [3.63, 3.8) is 0 Å². The van der Waals surface area contributed by atoms with E-state index in [0.717, 1.165) is 25.6 Å². The zero-order valence-electron chi connectivity index (χ0n) is 8.01. The van der Waals surface area contributed by atoms with E-state index in [1.165, 1.54) is 12.3 Å². The lowest BCUT2D eigenvalue weighted by Crippen LogP contribution is -2.18. The Hall–Kier alpha value is -1.10. The Kier molecular flexibility index (Phi) is 2.65. The summed E-state index contributed by atoms with van der Waals surface area (Å²) < 4.78 is 37.9. The van der Waals surface area contributed by atoms with E-state index in [1.807, 2.05) is 0 Å². The molecule has 0 aromatic carbocycles. The number of pyridine rings is 1. The SMILES string of the molecule is FC(F)(F)c1cnccc1[C@H]1CCCN1. The van der Waals surface area contributed by atoms with Crippen molar-refractivity contribution in [2.75, 3.05) is 6.54 Å². The van der Waals surface area contributed by atoms with Crippen LogP contribution in [0.4, 0.5) is 13.2 Å². The summed E-state index contributed by atoms with van der Waals surface area (Å²) in [7, 11) is 0. The third-order valence-corrected chi connectivity index (χ3v) is 2.60. The molecule has 15 heavy (non-hydrogen) atoms. The smallest absolute Gasteiger partial charge is 0.310 e. The first kappa shape index (κ1) is 10.4. The molecule has 1 saturated heterocycles. The Labute approximate surface area is 85.5 Å². The fourth-order valence-electron chi connectivity index (χ4n) is 1.90. The minimum atomic E-state index is -4.31. The molecule has 1 fully saturated rings. The summed E-state index contributed by atoms with van der Waals surface area (Å²) in [6.07, 6.45) is -0.328. The second-order valence-electron chi connectivity index (χ2n) is 3.61. The van der Waals surface area contributed by atoms with Gasteiger partial charge in [-0.3, -0.25) is 4.98 Å². The highest BCUT2D eigenvalue weighted by Crippen LogP contribution is 2.36. The number of nitrogens with zero attached hydrogens (tertiary/aromatic N) is 1. The number of alkyl halides is 3. The van der Waals surface area contributed by atoms with Crippen LogP contribution in [0.2, 0.25) is 0 Å². The second kappa shape index (κ2) is 3.81. The van der Waals surface area contributed by atoms with Crippen molar-refractivity contribution in [1.82, 2.24) is 10.3 Å². The molecule has 2 nitrogen and oxygen atoms in total. The Morgan fingerprint density at radius 3 is 2.80 bits per heavy atom.